The largest absolute Gasteiger partial charge is 0.383 e. The van der Waals surface area contributed by atoms with Gasteiger partial charge in [0.25, 0.3) is 5.91 Å². The molecule has 2 rings (SSSR count). The zero-order valence-electron chi connectivity index (χ0n) is 10.5. The first-order valence-corrected chi connectivity index (χ1v) is 6.51. The van der Waals surface area contributed by atoms with E-state index in [9.17, 15) is 9.18 Å². The summed E-state index contributed by atoms with van der Waals surface area (Å²) in [6, 6.07) is 1.05. The van der Waals surface area contributed by atoms with Crippen LogP contribution in [0.2, 0.25) is 0 Å². The first-order valence-electron chi connectivity index (χ1n) is 5.70. The van der Waals surface area contributed by atoms with Crippen molar-refractivity contribution in [2.75, 3.05) is 11.1 Å². The molecular weight excluding hydrogens is 267 g/mol. The number of thiazole rings is 1. The van der Waals surface area contributed by atoms with Gasteiger partial charge in [-0.3, -0.25) is 10.1 Å². The highest BCUT2D eigenvalue weighted by atomic mass is 32.1. The molecule has 0 fully saturated rings. The number of rotatable bonds is 3. The lowest BCUT2D eigenvalue weighted by molar-refractivity contribution is 0.102. The third kappa shape index (κ3) is 2.87. The Bertz CT molecular complexity index is 626. The number of aromatic nitrogens is 2. The molecule has 19 heavy (non-hydrogen) atoms. The predicted molar refractivity (Wildman–Crippen MR) is 72.8 cm³/mol. The van der Waals surface area contributed by atoms with Crippen LogP contribution in [0, 0.1) is 12.7 Å². The van der Waals surface area contributed by atoms with Crippen molar-refractivity contribution >= 4 is 28.2 Å². The molecule has 0 radical (unpaired) electrons. The fourth-order valence-corrected chi connectivity index (χ4v) is 2.50. The van der Waals surface area contributed by atoms with Crippen molar-refractivity contribution in [2.45, 2.75) is 20.3 Å². The number of amides is 1. The van der Waals surface area contributed by atoms with Crippen molar-refractivity contribution in [1.82, 2.24) is 9.97 Å². The fourth-order valence-electron chi connectivity index (χ4n) is 1.61. The van der Waals surface area contributed by atoms with E-state index in [4.69, 9.17) is 5.73 Å². The van der Waals surface area contributed by atoms with Gasteiger partial charge in [0.15, 0.2) is 5.13 Å². The summed E-state index contributed by atoms with van der Waals surface area (Å²) in [5, 5.41) is 3.08. The van der Waals surface area contributed by atoms with Gasteiger partial charge in [-0.25, -0.2) is 14.4 Å². The summed E-state index contributed by atoms with van der Waals surface area (Å²) in [5.74, 6) is -1.13. The monoisotopic (exact) mass is 280 g/mol. The molecule has 0 saturated carbocycles. The average molecular weight is 280 g/mol. The van der Waals surface area contributed by atoms with E-state index in [-0.39, 0.29) is 11.4 Å². The lowest BCUT2D eigenvalue weighted by Gasteiger charge is -2.04. The molecule has 100 valence electrons. The first kappa shape index (κ1) is 13.4. The van der Waals surface area contributed by atoms with Crippen molar-refractivity contribution in [2.24, 2.45) is 0 Å². The summed E-state index contributed by atoms with van der Waals surface area (Å²) in [7, 11) is 0. The van der Waals surface area contributed by atoms with Gasteiger partial charge in [0.1, 0.15) is 11.6 Å². The van der Waals surface area contributed by atoms with E-state index in [0.29, 0.717) is 5.13 Å². The second-order valence-electron chi connectivity index (χ2n) is 3.92. The van der Waals surface area contributed by atoms with Crippen LogP contribution < -0.4 is 11.1 Å². The van der Waals surface area contributed by atoms with E-state index in [1.807, 2.05) is 13.8 Å². The van der Waals surface area contributed by atoms with Crippen LogP contribution in [0.3, 0.4) is 0 Å². The fraction of sp³-hybridized carbons (Fsp3) is 0.250. The molecule has 1 amide bonds. The lowest BCUT2D eigenvalue weighted by Crippen LogP contribution is -2.15. The topological polar surface area (TPSA) is 80.9 Å². The molecule has 0 aliphatic rings. The maximum atomic E-state index is 13.1. The summed E-state index contributed by atoms with van der Waals surface area (Å²) in [5.41, 5.74) is 6.49. The highest BCUT2D eigenvalue weighted by Gasteiger charge is 2.15. The molecule has 0 bridgehead atoms. The minimum atomic E-state index is -0.607. The molecule has 0 spiro atoms. The third-order valence-electron chi connectivity index (χ3n) is 2.58. The number of hydrogen-bond acceptors (Lipinski definition) is 5. The van der Waals surface area contributed by atoms with Crippen LogP contribution in [0.25, 0.3) is 0 Å². The van der Waals surface area contributed by atoms with Crippen LogP contribution in [-0.4, -0.2) is 15.9 Å². The van der Waals surface area contributed by atoms with Gasteiger partial charge in [0, 0.05) is 4.88 Å². The minimum absolute atomic E-state index is 0.00546. The second-order valence-corrected chi connectivity index (χ2v) is 5.12. The summed E-state index contributed by atoms with van der Waals surface area (Å²) in [6.07, 6.45) is 1.76. The maximum Gasteiger partial charge on any atom is 0.261 e. The van der Waals surface area contributed by atoms with Crippen LogP contribution in [0.1, 0.15) is 27.9 Å². The number of pyridine rings is 1. The van der Waals surface area contributed by atoms with Crippen LogP contribution in [0.4, 0.5) is 15.3 Å². The third-order valence-corrected chi connectivity index (χ3v) is 3.51. The van der Waals surface area contributed by atoms with Crippen LogP contribution in [0.15, 0.2) is 12.3 Å². The minimum Gasteiger partial charge on any atom is -0.383 e. The summed E-state index contributed by atoms with van der Waals surface area (Å²) >= 11 is 1.37. The number of aryl methyl sites for hydroxylation is 2. The molecule has 2 heterocycles. The van der Waals surface area contributed by atoms with Gasteiger partial charge < -0.3 is 5.73 Å². The number of anilines is 2. The van der Waals surface area contributed by atoms with Crippen molar-refractivity contribution < 1.29 is 9.18 Å². The number of nitrogen functional groups attached to an aromatic ring is 1. The standard InChI is InChI=1S/C12H13FN4OS/c1-3-9-6(2)19-12(16-9)17-11(18)8-4-7(13)5-15-10(8)14/h4-5H,3H2,1-2H3,(H2,14,15)(H,16,17,18). The molecule has 0 aliphatic heterocycles. The molecule has 2 aromatic rings. The van der Waals surface area contributed by atoms with E-state index in [1.54, 1.807) is 0 Å². The molecule has 0 saturated heterocycles. The average Bonchev–Trinajstić information content (AvgIpc) is 2.72. The molecule has 3 N–H and O–H groups in total. The normalized spacial score (nSPS) is 10.5. The van der Waals surface area contributed by atoms with Gasteiger partial charge >= 0.3 is 0 Å². The molecule has 2 aromatic heterocycles. The predicted octanol–water partition coefficient (Wildman–Crippen LogP) is 2.38. The van der Waals surface area contributed by atoms with Gasteiger partial charge in [-0.2, -0.15) is 0 Å². The summed E-state index contributed by atoms with van der Waals surface area (Å²) in [6.45, 7) is 3.92. The van der Waals surface area contributed by atoms with Crippen molar-refractivity contribution in [3.8, 4) is 0 Å². The quantitative estimate of drug-likeness (QED) is 0.904. The number of carbonyl (C=O) groups excluding carboxylic acids is 1. The van der Waals surface area contributed by atoms with Gasteiger partial charge in [-0.15, -0.1) is 11.3 Å². The Hall–Kier alpha value is -2.02. The smallest absolute Gasteiger partial charge is 0.261 e. The summed E-state index contributed by atoms with van der Waals surface area (Å²) < 4.78 is 13.1. The van der Waals surface area contributed by atoms with Gasteiger partial charge in [0.05, 0.1) is 17.5 Å². The van der Waals surface area contributed by atoms with Crippen LogP contribution >= 0.6 is 11.3 Å². The van der Waals surface area contributed by atoms with Crippen molar-refractivity contribution in [3.63, 3.8) is 0 Å². The molecule has 0 unspecified atom stereocenters. The number of halogens is 1. The van der Waals surface area contributed by atoms with Crippen LogP contribution in [0.5, 0.6) is 0 Å². The number of carbonyl (C=O) groups is 1. The SMILES string of the molecule is CCc1nc(NC(=O)c2cc(F)cnc2N)sc1C. The second kappa shape index (κ2) is 5.31. The molecule has 0 aliphatic carbocycles. The molecular formula is C12H13FN4OS. The van der Waals surface area contributed by atoms with E-state index >= 15 is 0 Å². The molecule has 7 heteroatoms. The zero-order chi connectivity index (χ0) is 14.0. The Morgan fingerprint density at radius 2 is 2.32 bits per heavy atom. The van der Waals surface area contributed by atoms with E-state index in [0.717, 1.165) is 29.3 Å². The Balaban J connectivity index is 2.22. The first-order chi connectivity index (χ1) is 9.01. The lowest BCUT2D eigenvalue weighted by atomic mass is 10.2. The van der Waals surface area contributed by atoms with Crippen molar-refractivity contribution in [1.29, 1.82) is 0 Å². The van der Waals surface area contributed by atoms with Gasteiger partial charge in [0.2, 0.25) is 0 Å². The summed E-state index contributed by atoms with van der Waals surface area (Å²) in [4.78, 5) is 20.9. The van der Waals surface area contributed by atoms with E-state index < -0.39 is 11.7 Å². The van der Waals surface area contributed by atoms with E-state index in [2.05, 4.69) is 15.3 Å². The number of nitrogens with one attached hydrogen (secondary N) is 1. The molecule has 5 nitrogen and oxygen atoms in total. The highest BCUT2D eigenvalue weighted by Crippen LogP contribution is 2.23. The Morgan fingerprint density at radius 1 is 1.58 bits per heavy atom. The Kier molecular flexibility index (Phi) is 3.75. The maximum absolute atomic E-state index is 13.1. The van der Waals surface area contributed by atoms with Crippen molar-refractivity contribution in [3.05, 3.63) is 34.2 Å². The molecule has 0 aromatic carbocycles. The zero-order valence-corrected chi connectivity index (χ0v) is 11.3. The Labute approximate surface area is 113 Å². The van der Waals surface area contributed by atoms with E-state index in [1.165, 1.54) is 11.3 Å². The highest BCUT2D eigenvalue weighted by molar-refractivity contribution is 7.15. The number of nitrogens with two attached hydrogens (primary N) is 1. The van der Waals surface area contributed by atoms with Gasteiger partial charge in [-0.1, -0.05) is 6.92 Å². The van der Waals surface area contributed by atoms with Crippen LogP contribution in [-0.2, 0) is 6.42 Å². The number of nitrogens with zero attached hydrogens (tertiary/aromatic N) is 2. The Morgan fingerprint density at radius 3 is 2.95 bits per heavy atom. The number of hydrogen-bond donors (Lipinski definition) is 2. The van der Waals surface area contributed by atoms with Gasteiger partial charge in [-0.05, 0) is 19.4 Å². The molecule has 0 atom stereocenters.